The monoisotopic (exact) mass is 585 g/mol. The molecule has 0 aromatic heterocycles. The Bertz CT molecular complexity index is 1630. The van der Waals surface area contributed by atoms with Gasteiger partial charge >= 0.3 is 0 Å². The van der Waals surface area contributed by atoms with Gasteiger partial charge < -0.3 is 19.1 Å². The Morgan fingerprint density at radius 3 is 2.00 bits per heavy atom. The first-order valence-corrected chi connectivity index (χ1v) is 14.2. The average Bonchev–Trinajstić information content (AvgIpc) is 3.41. The summed E-state index contributed by atoms with van der Waals surface area (Å²) in [6.45, 7) is 5.57. The number of hydrogen-bond donors (Lipinski definition) is 0. The summed E-state index contributed by atoms with van der Waals surface area (Å²) in [6, 6.07) is 14.3. The van der Waals surface area contributed by atoms with Gasteiger partial charge in [-0.2, -0.15) is 0 Å². The van der Waals surface area contributed by atoms with Crippen molar-refractivity contribution in [2.24, 2.45) is 10.8 Å². The Kier molecular flexibility index (Phi) is 6.50. The second-order valence-electron chi connectivity index (χ2n) is 12.0. The number of carbonyl (C=O) groups excluding carboxylic acids is 3. The van der Waals surface area contributed by atoms with E-state index in [1.165, 1.54) is 21.3 Å². The van der Waals surface area contributed by atoms with E-state index in [1.54, 1.807) is 42.5 Å². The highest BCUT2D eigenvalue weighted by Gasteiger charge is 2.72. The van der Waals surface area contributed by atoms with E-state index >= 15 is 0 Å². The third kappa shape index (κ3) is 3.69. The van der Waals surface area contributed by atoms with Crippen LogP contribution in [-0.2, 0) is 4.79 Å². The zero-order valence-corrected chi connectivity index (χ0v) is 25.1. The molecule has 0 bridgehead atoms. The fourth-order valence-corrected chi connectivity index (χ4v) is 7.23. The molecule has 0 radical (unpaired) electrons. The molecule has 3 aliphatic rings. The number of halogens is 1. The van der Waals surface area contributed by atoms with E-state index in [9.17, 15) is 14.4 Å². The largest absolute Gasteiger partial charge is 0.493 e. The predicted molar refractivity (Wildman–Crippen MR) is 161 cm³/mol. The van der Waals surface area contributed by atoms with E-state index in [-0.39, 0.29) is 17.3 Å². The van der Waals surface area contributed by atoms with Gasteiger partial charge in [0.15, 0.2) is 28.8 Å². The maximum Gasteiger partial charge on any atom is 0.203 e. The summed E-state index contributed by atoms with van der Waals surface area (Å²) in [6.07, 6.45) is 3.77. The molecule has 7 nitrogen and oxygen atoms in total. The number of ether oxygens (including phenoxy) is 3. The molecule has 0 saturated carbocycles. The van der Waals surface area contributed by atoms with Crippen LogP contribution in [0.1, 0.15) is 58.5 Å². The molecule has 0 unspecified atom stereocenters. The number of nitrogens with zero attached hydrogens (tertiary/aromatic N) is 1. The molecule has 2 aliphatic heterocycles. The molecule has 216 valence electrons. The highest BCUT2D eigenvalue weighted by molar-refractivity contribution is 6.32. The Labute approximate surface area is 250 Å². The van der Waals surface area contributed by atoms with Crippen LogP contribution < -0.4 is 19.1 Å². The number of Topliss-reactive ketones (excluding diaryl/α,β-unsaturated/α-hetero) is 3. The van der Waals surface area contributed by atoms with Gasteiger partial charge in [-0.3, -0.25) is 14.4 Å². The lowest BCUT2D eigenvalue weighted by Gasteiger charge is -2.38. The van der Waals surface area contributed by atoms with Gasteiger partial charge in [-0.05, 0) is 41.5 Å². The summed E-state index contributed by atoms with van der Waals surface area (Å²) in [7, 11) is 4.53. The summed E-state index contributed by atoms with van der Waals surface area (Å²) in [5, 5.41) is 0.547. The Hall–Kier alpha value is -4.10. The number of fused-ring (bicyclic) bond motifs is 5. The topological polar surface area (TPSA) is 82.1 Å². The van der Waals surface area contributed by atoms with Crippen molar-refractivity contribution in [2.45, 2.75) is 38.8 Å². The van der Waals surface area contributed by atoms with E-state index in [4.69, 9.17) is 25.8 Å². The molecule has 2 heterocycles. The molecule has 6 rings (SSSR count). The lowest BCUT2D eigenvalue weighted by molar-refractivity contribution is -0.127. The van der Waals surface area contributed by atoms with Gasteiger partial charge in [0, 0.05) is 33.2 Å². The van der Waals surface area contributed by atoms with Crippen molar-refractivity contribution in [1.82, 2.24) is 0 Å². The van der Waals surface area contributed by atoms with Crippen LogP contribution in [0.3, 0.4) is 0 Å². The van der Waals surface area contributed by atoms with Crippen LogP contribution in [0.5, 0.6) is 17.2 Å². The minimum atomic E-state index is -1.63. The molecular weight excluding hydrogens is 554 g/mol. The first-order valence-electron chi connectivity index (χ1n) is 13.8. The standard InChI is InChI=1S/C34H32ClNO6/c1-33(2,3)32(39)28-27(19-16-24(40-4)29(42-6)25(17-19)41-5)34(30(37)21-9-7-8-10-22(21)31(34)38)26-14-11-18-15-20(35)12-13-23(18)36(26)28/h7-17,26-28H,1-6H3/t26-,27+,28+/m1/s1. The molecule has 3 atom stereocenters. The van der Waals surface area contributed by atoms with Crippen molar-refractivity contribution >= 4 is 40.7 Å². The number of ketones is 3. The van der Waals surface area contributed by atoms with Gasteiger partial charge in [0.1, 0.15) is 5.41 Å². The molecule has 42 heavy (non-hydrogen) atoms. The molecule has 0 N–H and O–H groups in total. The number of carbonyl (C=O) groups is 3. The fraction of sp³-hybridized carbons (Fsp3) is 0.324. The quantitative estimate of drug-likeness (QED) is 0.320. The van der Waals surface area contributed by atoms with Crippen molar-refractivity contribution in [3.63, 3.8) is 0 Å². The highest BCUT2D eigenvalue weighted by Crippen LogP contribution is 2.62. The van der Waals surface area contributed by atoms with Crippen molar-refractivity contribution in [2.75, 3.05) is 26.2 Å². The van der Waals surface area contributed by atoms with Crippen LogP contribution in [0.4, 0.5) is 5.69 Å². The van der Waals surface area contributed by atoms with Gasteiger partial charge in [0.2, 0.25) is 5.75 Å². The maximum absolute atomic E-state index is 14.8. The van der Waals surface area contributed by atoms with Gasteiger partial charge in [-0.15, -0.1) is 0 Å². The molecule has 8 heteroatoms. The third-order valence-electron chi connectivity index (χ3n) is 8.82. The van der Waals surface area contributed by atoms with Crippen molar-refractivity contribution < 1.29 is 28.6 Å². The summed E-state index contributed by atoms with van der Waals surface area (Å²) in [5.74, 6) is -0.484. The second kappa shape index (κ2) is 9.73. The highest BCUT2D eigenvalue weighted by atomic mass is 35.5. The van der Waals surface area contributed by atoms with E-state index in [1.807, 2.05) is 50.0 Å². The van der Waals surface area contributed by atoms with Crippen LogP contribution in [-0.4, -0.2) is 50.8 Å². The normalized spacial score (nSPS) is 21.7. The Morgan fingerprint density at radius 2 is 1.48 bits per heavy atom. The smallest absolute Gasteiger partial charge is 0.203 e. The number of benzene rings is 3. The third-order valence-corrected chi connectivity index (χ3v) is 9.05. The van der Waals surface area contributed by atoms with Gasteiger partial charge in [0.05, 0.1) is 33.4 Å². The van der Waals surface area contributed by atoms with Crippen LogP contribution >= 0.6 is 11.6 Å². The van der Waals surface area contributed by atoms with E-state index in [2.05, 4.69) is 0 Å². The summed E-state index contributed by atoms with van der Waals surface area (Å²) < 4.78 is 17.0. The Morgan fingerprint density at radius 1 is 0.881 bits per heavy atom. The molecular formula is C34H32ClNO6. The SMILES string of the molecule is COc1cc([C@H]2[C@@H](C(=O)C(C)(C)C)N3c4ccc(Cl)cc4C=C[C@@H]3C23C(=O)c2ccccc2C3=O)cc(OC)c1OC. The minimum absolute atomic E-state index is 0.101. The number of anilines is 1. The first kappa shape index (κ1) is 28.0. The fourth-order valence-electron chi connectivity index (χ4n) is 7.05. The predicted octanol–water partition coefficient (Wildman–Crippen LogP) is 6.41. The first-order chi connectivity index (χ1) is 20.0. The van der Waals surface area contributed by atoms with E-state index in [0.717, 1.165) is 11.3 Å². The zero-order valence-electron chi connectivity index (χ0n) is 24.4. The van der Waals surface area contributed by atoms with Gasteiger partial charge in [-0.25, -0.2) is 0 Å². The maximum atomic E-state index is 14.8. The van der Waals surface area contributed by atoms with Crippen LogP contribution in [0.2, 0.25) is 5.02 Å². The summed E-state index contributed by atoms with van der Waals surface area (Å²) in [4.78, 5) is 46.2. The number of hydrogen-bond acceptors (Lipinski definition) is 7. The lowest BCUT2D eigenvalue weighted by atomic mass is 9.63. The molecule has 1 spiro atoms. The summed E-state index contributed by atoms with van der Waals surface area (Å²) >= 11 is 6.37. The average molecular weight is 586 g/mol. The molecule has 0 amide bonds. The van der Waals surface area contributed by atoms with Gasteiger partial charge in [-0.1, -0.05) is 68.8 Å². The Balaban J connectivity index is 1.73. The van der Waals surface area contributed by atoms with Crippen molar-refractivity contribution in [1.29, 1.82) is 0 Å². The number of rotatable bonds is 5. The zero-order chi connectivity index (χ0) is 30.1. The van der Waals surface area contributed by atoms with Crippen molar-refractivity contribution in [3.05, 3.63) is 87.9 Å². The van der Waals surface area contributed by atoms with Gasteiger partial charge in [0.25, 0.3) is 0 Å². The molecule has 1 saturated heterocycles. The molecule has 1 fully saturated rings. The van der Waals surface area contributed by atoms with Crippen LogP contribution in [0, 0.1) is 10.8 Å². The molecule has 3 aromatic carbocycles. The molecule has 3 aromatic rings. The number of methoxy groups -OCH3 is 3. The minimum Gasteiger partial charge on any atom is -0.493 e. The van der Waals surface area contributed by atoms with Crippen LogP contribution in [0.15, 0.2) is 60.7 Å². The van der Waals surface area contributed by atoms with E-state index < -0.39 is 28.8 Å². The van der Waals surface area contributed by atoms with E-state index in [0.29, 0.717) is 39.0 Å². The lowest BCUT2D eigenvalue weighted by Crippen LogP contribution is -2.49. The van der Waals surface area contributed by atoms with Crippen molar-refractivity contribution in [3.8, 4) is 17.2 Å². The van der Waals surface area contributed by atoms with Crippen LogP contribution in [0.25, 0.3) is 6.08 Å². The molecule has 1 aliphatic carbocycles. The summed E-state index contributed by atoms with van der Waals surface area (Å²) in [5.41, 5.74) is 0.401. The second-order valence-corrected chi connectivity index (χ2v) is 12.4.